The Hall–Kier alpha value is -2.91. The van der Waals surface area contributed by atoms with Crippen LogP contribution in [-0.2, 0) is 0 Å². The van der Waals surface area contributed by atoms with E-state index in [1.165, 1.54) is 19.2 Å². The number of aromatic nitrogens is 2. The van der Waals surface area contributed by atoms with Crippen molar-refractivity contribution in [3.8, 4) is 5.75 Å². The molecule has 1 unspecified atom stereocenters. The van der Waals surface area contributed by atoms with Gasteiger partial charge in [-0.15, -0.1) is 0 Å². The molecule has 2 aliphatic heterocycles. The maximum atomic E-state index is 13.0. The van der Waals surface area contributed by atoms with Crippen LogP contribution in [-0.4, -0.2) is 96.4 Å². The Labute approximate surface area is 201 Å². The second-order valence-electron chi connectivity index (χ2n) is 9.34. The maximum Gasteiger partial charge on any atom is 0.253 e. The van der Waals surface area contributed by atoms with Gasteiger partial charge in [0.1, 0.15) is 30.3 Å². The monoisotopic (exact) mass is 468 g/mol. The molecular formula is C25H36N6O3. The summed E-state index contributed by atoms with van der Waals surface area (Å²) in [5, 5.41) is 14.3. The summed E-state index contributed by atoms with van der Waals surface area (Å²) in [6.45, 7) is 5.37. The van der Waals surface area contributed by atoms with E-state index in [1.807, 2.05) is 25.2 Å². The van der Waals surface area contributed by atoms with Gasteiger partial charge in [-0.05, 0) is 63.0 Å². The van der Waals surface area contributed by atoms with Gasteiger partial charge in [0.05, 0.1) is 12.1 Å². The third-order valence-corrected chi connectivity index (χ3v) is 6.64. The van der Waals surface area contributed by atoms with E-state index in [2.05, 4.69) is 25.1 Å². The van der Waals surface area contributed by atoms with Crippen LogP contribution in [0.2, 0.25) is 0 Å². The molecule has 0 aliphatic carbocycles. The summed E-state index contributed by atoms with van der Waals surface area (Å²) in [5.41, 5.74) is -0.424. The fourth-order valence-corrected chi connectivity index (χ4v) is 4.82. The van der Waals surface area contributed by atoms with Crippen LogP contribution in [0.25, 0.3) is 0 Å². The number of hydrogen-bond donors (Lipinski definition) is 2. The first kappa shape index (κ1) is 24.2. The van der Waals surface area contributed by atoms with Gasteiger partial charge in [-0.3, -0.25) is 9.69 Å². The van der Waals surface area contributed by atoms with E-state index in [0.29, 0.717) is 25.1 Å². The number of carbonyl (C=O) groups excluding carboxylic acids is 1. The SMILES string of the molecule is CNc1cc(N2CCCC(O)(CN(C)C(=O)c3ccc(OCCN4CCCC4)cc3)C2)ncn1. The zero-order chi connectivity index (χ0) is 24.0. The lowest BCUT2D eigenvalue weighted by Gasteiger charge is -2.41. The minimum Gasteiger partial charge on any atom is -0.492 e. The Morgan fingerprint density at radius 1 is 1.18 bits per heavy atom. The second-order valence-corrected chi connectivity index (χ2v) is 9.34. The van der Waals surface area contributed by atoms with Crippen LogP contribution >= 0.6 is 0 Å². The van der Waals surface area contributed by atoms with Gasteiger partial charge < -0.3 is 25.0 Å². The van der Waals surface area contributed by atoms with Crippen LogP contribution in [0.1, 0.15) is 36.0 Å². The van der Waals surface area contributed by atoms with Crippen molar-refractivity contribution in [1.82, 2.24) is 19.8 Å². The van der Waals surface area contributed by atoms with E-state index in [9.17, 15) is 9.90 Å². The number of β-amino-alcohol motifs (C(OH)–C–C–N with tert-alkyl or cyclic N) is 1. The molecule has 34 heavy (non-hydrogen) atoms. The van der Waals surface area contributed by atoms with Gasteiger partial charge in [-0.1, -0.05) is 0 Å². The fourth-order valence-electron chi connectivity index (χ4n) is 4.82. The number of rotatable bonds is 9. The number of likely N-dealkylation sites (tertiary alicyclic amines) is 1. The normalized spacial score (nSPS) is 20.9. The lowest BCUT2D eigenvalue weighted by molar-refractivity contribution is -0.000137. The van der Waals surface area contributed by atoms with Crippen LogP contribution < -0.4 is 15.0 Å². The molecule has 2 aliphatic rings. The largest absolute Gasteiger partial charge is 0.492 e. The number of aliphatic hydroxyl groups is 1. The number of carbonyl (C=O) groups is 1. The second kappa shape index (κ2) is 11.0. The molecule has 2 saturated heterocycles. The number of ether oxygens (including phenoxy) is 1. The van der Waals surface area contributed by atoms with E-state index in [-0.39, 0.29) is 12.5 Å². The maximum absolute atomic E-state index is 13.0. The van der Waals surface area contributed by atoms with E-state index < -0.39 is 5.60 Å². The van der Waals surface area contributed by atoms with E-state index >= 15 is 0 Å². The number of likely N-dealkylation sites (N-methyl/N-ethyl adjacent to an activating group) is 1. The summed E-state index contributed by atoms with van der Waals surface area (Å²) in [4.78, 5) is 27.6. The van der Waals surface area contributed by atoms with Crippen LogP contribution in [0.5, 0.6) is 5.75 Å². The highest BCUT2D eigenvalue weighted by atomic mass is 16.5. The quantitative estimate of drug-likeness (QED) is 0.578. The van der Waals surface area contributed by atoms with Crippen molar-refractivity contribution in [3.05, 3.63) is 42.2 Å². The molecule has 2 N–H and O–H groups in total. The Morgan fingerprint density at radius 3 is 2.68 bits per heavy atom. The number of nitrogens with zero attached hydrogens (tertiary/aromatic N) is 5. The fraction of sp³-hybridized carbons (Fsp3) is 0.560. The standard InChI is InChI=1S/C25H36N6O3/c1-26-22-16-23(28-19-27-22)31-13-5-10-25(33,18-31)17-29(2)24(32)20-6-8-21(9-7-20)34-15-14-30-11-3-4-12-30/h6-9,16,19,33H,3-5,10-15,17-18H2,1-2H3,(H,26,27,28). The summed E-state index contributed by atoms with van der Waals surface area (Å²) >= 11 is 0. The molecule has 9 nitrogen and oxygen atoms in total. The first-order chi connectivity index (χ1) is 16.5. The molecule has 0 radical (unpaired) electrons. The van der Waals surface area contributed by atoms with Gasteiger partial charge >= 0.3 is 0 Å². The highest BCUT2D eigenvalue weighted by molar-refractivity contribution is 5.94. The zero-order valence-corrected chi connectivity index (χ0v) is 20.2. The summed E-state index contributed by atoms with van der Waals surface area (Å²) in [6, 6.07) is 9.14. The molecule has 0 spiro atoms. The Balaban J connectivity index is 1.31. The molecule has 0 bridgehead atoms. The number of benzene rings is 1. The van der Waals surface area contributed by atoms with E-state index in [0.717, 1.165) is 50.0 Å². The number of anilines is 2. The molecule has 0 saturated carbocycles. The summed E-state index contributed by atoms with van der Waals surface area (Å²) in [5.74, 6) is 2.15. The van der Waals surface area contributed by atoms with Crippen molar-refractivity contribution in [2.45, 2.75) is 31.3 Å². The van der Waals surface area contributed by atoms with Gasteiger partial charge in [0.25, 0.3) is 5.91 Å². The average molecular weight is 469 g/mol. The molecule has 2 fully saturated rings. The molecule has 2 aromatic rings. The zero-order valence-electron chi connectivity index (χ0n) is 20.2. The minimum atomic E-state index is -1.01. The highest BCUT2D eigenvalue weighted by Gasteiger charge is 2.36. The van der Waals surface area contributed by atoms with Crippen LogP contribution in [0.4, 0.5) is 11.6 Å². The van der Waals surface area contributed by atoms with Crippen LogP contribution in [0.3, 0.4) is 0 Å². The lowest BCUT2D eigenvalue weighted by Crippen LogP contribution is -2.54. The predicted molar refractivity (Wildman–Crippen MR) is 133 cm³/mol. The molecule has 1 amide bonds. The molecule has 1 aromatic heterocycles. The topological polar surface area (TPSA) is 94.1 Å². The van der Waals surface area contributed by atoms with Crippen molar-refractivity contribution in [3.63, 3.8) is 0 Å². The lowest BCUT2D eigenvalue weighted by atomic mass is 9.92. The molecular weight excluding hydrogens is 432 g/mol. The van der Waals surface area contributed by atoms with Gasteiger partial charge in [0.15, 0.2) is 0 Å². The van der Waals surface area contributed by atoms with Crippen molar-refractivity contribution in [2.75, 3.05) is 70.2 Å². The molecule has 9 heteroatoms. The molecule has 3 heterocycles. The van der Waals surface area contributed by atoms with Crippen LogP contribution in [0.15, 0.2) is 36.7 Å². The van der Waals surface area contributed by atoms with Gasteiger partial charge in [-0.25, -0.2) is 9.97 Å². The third kappa shape index (κ3) is 6.15. The van der Waals surface area contributed by atoms with Gasteiger partial charge in [-0.2, -0.15) is 0 Å². The Morgan fingerprint density at radius 2 is 1.94 bits per heavy atom. The number of nitrogens with one attached hydrogen (secondary N) is 1. The van der Waals surface area contributed by atoms with Crippen molar-refractivity contribution in [2.24, 2.45) is 0 Å². The minimum absolute atomic E-state index is 0.117. The smallest absolute Gasteiger partial charge is 0.253 e. The first-order valence-corrected chi connectivity index (χ1v) is 12.1. The molecule has 184 valence electrons. The van der Waals surface area contributed by atoms with E-state index in [1.54, 1.807) is 24.1 Å². The molecule has 1 aromatic carbocycles. The number of piperidine rings is 1. The molecule has 4 rings (SSSR count). The van der Waals surface area contributed by atoms with Crippen molar-refractivity contribution >= 4 is 17.5 Å². The third-order valence-electron chi connectivity index (χ3n) is 6.64. The summed E-state index contributed by atoms with van der Waals surface area (Å²) < 4.78 is 5.84. The number of amides is 1. The summed E-state index contributed by atoms with van der Waals surface area (Å²) in [7, 11) is 3.55. The van der Waals surface area contributed by atoms with Gasteiger partial charge in [0.2, 0.25) is 0 Å². The van der Waals surface area contributed by atoms with E-state index in [4.69, 9.17) is 4.74 Å². The average Bonchev–Trinajstić information content (AvgIpc) is 3.37. The van der Waals surface area contributed by atoms with Crippen molar-refractivity contribution in [1.29, 1.82) is 0 Å². The summed E-state index contributed by atoms with van der Waals surface area (Å²) in [6.07, 6.45) is 5.52. The highest BCUT2D eigenvalue weighted by Crippen LogP contribution is 2.27. The Kier molecular flexibility index (Phi) is 7.84. The van der Waals surface area contributed by atoms with Gasteiger partial charge in [0, 0.05) is 45.4 Å². The Bertz CT molecular complexity index is 950. The van der Waals surface area contributed by atoms with Crippen molar-refractivity contribution < 1.29 is 14.6 Å². The first-order valence-electron chi connectivity index (χ1n) is 12.1. The number of hydrogen-bond acceptors (Lipinski definition) is 8. The molecule has 1 atom stereocenters. The van der Waals surface area contributed by atoms with Crippen LogP contribution in [0, 0.1) is 0 Å². The predicted octanol–water partition coefficient (Wildman–Crippen LogP) is 2.10.